The number of nitriles is 1. The summed E-state index contributed by atoms with van der Waals surface area (Å²) in [6.45, 7) is -1.03. The first-order valence-corrected chi connectivity index (χ1v) is 13.6. The van der Waals surface area contributed by atoms with Crippen LogP contribution in [0.5, 0.6) is 0 Å². The SMILES string of the molecule is N#Cc1nc2nc(C(Cc3cc(F)cc(F)c3)NC(=O)Cn3nc(C(F)(F)F)c4c3C(F)(F)[C@@H]3C#C[C@H]43)c(Br)cc2s1. The molecule has 7 nitrogen and oxygen atoms in total. The first-order valence-electron chi connectivity index (χ1n) is 11.9. The highest BCUT2D eigenvalue weighted by Gasteiger charge is 2.62. The summed E-state index contributed by atoms with van der Waals surface area (Å²) < 4.78 is 100. The van der Waals surface area contributed by atoms with Gasteiger partial charge >= 0.3 is 12.1 Å². The first-order chi connectivity index (χ1) is 19.8. The fourth-order valence-electron chi connectivity index (χ4n) is 5.09. The maximum atomic E-state index is 15.1. The molecule has 214 valence electrons. The number of fused-ring (bicyclic) bond motifs is 4. The molecule has 0 aliphatic heterocycles. The number of hydrogen-bond acceptors (Lipinski definition) is 6. The van der Waals surface area contributed by atoms with Crippen molar-refractivity contribution in [1.82, 2.24) is 25.1 Å². The standard InChI is InChI=1S/C26H12BrF7N6OS/c27-15-7-17-24(37-19(8-35)42-17)38-21(15)16(5-10-3-11(28)6-12(29)4-10)36-18(41)9-40-23-20(22(39-40)26(32,33)34)13-1-2-14(13)25(23,30)31/h3-4,6-7,13-14,16H,5,9H2,(H,36,41)/t13-,14+,16?/m0/s1. The van der Waals surface area contributed by atoms with Crippen LogP contribution in [0.25, 0.3) is 10.3 Å². The largest absolute Gasteiger partial charge is 0.435 e. The zero-order chi connectivity index (χ0) is 30.1. The van der Waals surface area contributed by atoms with Gasteiger partial charge in [0.2, 0.25) is 5.91 Å². The average molecular weight is 669 g/mol. The van der Waals surface area contributed by atoms with E-state index in [4.69, 9.17) is 0 Å². The molecule has 0 spiro atoms. The number of thiazole rings is 1. The number of alkyl halides is 5. The average Bonchev–Trinajstić information content (AvgIpc) is 3.46. The predicted molar refractivity (Wildman–Crippen MR) is 136 cm³/mol. The summed E-state index contributed by atoms with van der Waals surface area (Å²) in [5, 5.41) is 15.1. The summed E-state index contributed by atoms with van der Waals surface area (Å²) in [5.74, 6) is -5.09. The number of nitrogens with one attached hydrogen (secondary N) is 1. The fraction of sp³-hybridized carbons (Fsp3) is 0.269. The molecule has 3 heterocycles. The highest BCUT2D eigenvalue weighted by Crippen LogP contribution is 2.58. The second kappa shape index (κ2) is 9.78. The van der Waals surface area contributed by atoms with Crippen molar-refractivity contribution in [3.05, 3.63) is 73.6 Å². The van der Waals surface area contributed by atoms with E-state index >= 15 is 8.78 Å². The van der Waals surface area contributed by atoms with Crippen molar-refractivity contribution in [1.29, 1.82) is 5.26 Å². The molecule has 3 atom stereocenters. The first kappa shape index (κ1) is 28.1. The Morgan fingerprint density at radius 3 is 2.52 bits per heavy atom. The second-order valence-electron chi connectivity index (χ2n) is 9.54. The summed E-state index contributed by atoms with van der Waals surface area (Å²) in [4.78, 5) is 21.7. The summed E-state index contributed by atoms with van der Waals surface area (Å²) in [5.41, 5.74) is -3.01. The molecule has 1 amide bonds. The Balaban J connectivity index is 1.37. The van der Waals surface area contributed by atoms with Crippen molar-refractivity contribution in [3.8, 4) is 17.9 Å². The number of aromatic nitrogens is 4. The molecule has 1 aromatic carbocycles. The van der Waals surface area contributed by atoms with Gasteiger partial charge in [-0.1, -0.05) is 11.8 Å². The Hall–Kier alpha value is -4.02. The molecule has 1 unspecified atom stereocenters. The monoisotopic (exact) mass is 668 g/mol. The molecule has 0 saturated heterocycles. The molecule has 1 N–H and O–H groups in total. The molecule has 2 aliphatic carbocycles. The van der Waals surface area contributed by atoms with Crippen LogP contribution in [0.2, 0.25) is 0 Å². The van der Waals surface area contributed by atoms with Gasteiger partial charge in [0.1, 0.15) is 35.9 Å². The van der Waals surface area contributed by atoms with Gasteiger partial charge in [0.05, 0.1) is 22.4 Å². The minimum absolute atomic E-state index is 0.0854. The number of amides is 1. The molecular formula is C26H12BrF7N6OS. The van der Waals surface area contributed by atoms with Crippen molar-refractivity contribution < 1.29 is 35.5 Å². The fourth-order valence-corrected chi connectivity index (χ4v) is 6.58. The number of hydrogen-bond donors (Lipinski definition) is 1. The van der Waals surface area contributed by atoms with E-state index in [1.165, 1.54) is 0 Å². The Bertz CT molecular complexity index is 1880. The normalized spacial score (nSPS) is 18.8. The van der Waals surface area contributed by atoms with E-state index in [1.807, 2.05) is 6.07 Å². The van der Waals surface area contributed by atoms with E-state index < -0.39 is 71.0 Å². The summed E-state index contributed by atoms with van der Waals surface area (Å²) >= 11 is 4.37. The zero-order valence-electron chi connectivity index (χ0n) is 20.5. The van der Waals surface area contributed by atoms with Crippen molar-refractivity contribution in [3.63, 3.8) is 0 Å². The Kier molecular flexibility index (Phi) is 6.54. The van der Waals surface area contributed by atoms with Crippen molar-refractivity contribution >= 4 is 43.5 Å². The van der Waals surface area contributed by atoms with E-state index in [0.717, 1.165) is 23.5 Å². The van der Waals surface area contributed by atoms with Gasteiger partial charge in [-0.2, -0.15) is 32.3 Å². The van der Waals surface area contributed by atoms with Gasteiger partial charge in [-0.05, 0) is 46.1 Å². The van der Waals surface area contributed by atoms with Crippen LogP contribution in [0.3, 0.4) is 0 Å². The topological polar surface area (TPSA) is 96.5 Å². The Morgan fingerprint density at radius 2 is 1.90 bits per heavy atom. The molecule has 0 saturated carbocycles. The number of benzene rings is 1. The molecule has 3 aromatic heterocycles. The summed E-state index contributed by atoms with van der Waals surface area (Å²) in [7, 11) is 0. The van der Waals surface area contributed by atoms with Gasteiger partial charge in [-0.3, -0.25) is 9.48 Å². The third kappa shape index (κ3) is 4.68. The Morgan fingerprint density at radius 1 is 1.19 bits per heavy atom. The van der Waals surface area contributed by atoms with Crippen LogP contribution in [0.4, 0.5) is 30.7 Å². The molecule has 4 aromatic rings. The molecule has 6 rings (SSSR count). The molecule has 42 heavy (non-hydrogen) atoms. The number of carbonyl (C=O) groups excluding carboxylic acids is 1. The van der Waals surface area contributed by atoms with Crippen molar-refractivity contribution in [2.24, 2.45) is 5.92 Å². The van der Waals surface area contributed by atoms with Crippen LogP contribution in [0, 0.1) is 40.7 Å². The third-order valence-corrected chi connectivity index (χ3v) is 8.31. The maximum absolute atomic E-state index is 15.1. The number of halogens is 8. The minimum atomic E-state index is -5.07. The highest BCUT2D eigenvalue weighted by molar-refractivity contribution is 9.10. The van der Waals surface area contributed by atoms with E-state index in [0.29, 0.717) is 19.9 Å². The summed E-state index contributed by atoms with van der Waals surface area (Å²) in [6, 6.07) is 4.94. The molecule has 0 fully saturated rings. The lowest BCUT2D eigenvalue weighted by molar-refractivity contribution is -0.142. The van der Waals surface area contributed by atoms with Crippen LogP contribution in [-0.2, 0) is 29.9 Å². The molecule has 2 aliphatic rings. The highest BCUT2D eigenvalue weighted by atomic mass is 79.9. The lowest BCUT2D eigenvalue weighted by Crippen LogP contribution is -2.35. The van der Waals surface area contributed by atoms with Crippen LogP contribution < -0.4 is 5.32 Å². The number of carbonyl (C=O) groups is 1. The van der Waals surface area contributed by atoms with E-state index in [1.54, 1.807) is 6.07 Å². The van der Waals surface area contributed by atoms with Crippen molar-refractivity contribution in [2.75, 3.05) is 0 Å². The molecule has 0 radical (unpaired) electrons. The zero-order valence-corrected chi connectivity index (χ0v) is 22.9. The van der Waals surface area contributed by atoms with Crippen LogP contribution in [-0.4, -0.2) is 25.7 Å². The number of pyridine rings is 1. The van der Waals surface area contributed by atoms with Crippen LogP contribution in [0.15, 0.2) is 28.7 Å². The molecule has 16 heteroatoms. The van der Waals surface area contributed by atoms with Gasteiger partial charge in [0.25, 0.3) is 0 Å². The molecule has 0 bridgehead atoms. The number of rotatable bonds is 6. The number of nitrogens with zero attached hydrogens (tertiary/aromatic N) is 5. The van der Waals surface area contributed by atoms with Gasteiger partial charge < -0.3 is 5.32 Å². The van der Waals surface area contributed by atoms with E-state index in [9.17, 15) is 32.0 Å². The smallest absolute Gasteiger partial charge is 0.346 e. The quantitative estimate of drug-likeness (QED) is 0.209. The van der Waals surface area contributed by atoms with Gasteiger partial charge in [0, 0.05) is 16.1 Å². The van der Waals surface area contributed by atoms with Gasteiger partial charge in [-0.15, -0.1) is 11.3 Å². The summed E-state index contributed by atoms with van der Waals surface area (Å²) in [6.07, 6.45) is -5.33. The lowest BCUT2D eigenvalue weighted by atomic mass is 9.84. The van der Waals surface area contributed by atoms with Crippen LogP contribution in [0.1, 0.15) is 45.2 Å². The van der Waals surface area contributed by atoms with Gasteiger partial charge in [-0.25, -0.2) is 18.7 Å². The second-order valence-corrected chi connectivity index (χ2v) is 11.4. The maximum Gasteiger partial charge on any atom is 0.435 e. The minimum Gasteiger partial charge on any atom is -0.346 e. The predicted octanol–water partition coefficient (Wildman–Crippen LogP) is 5.74. The van der Waals surface area contributed by atoms with Crippen LogP contribution >= 0.6 is 27.3 Å². The van der Waals surface area contributed by atoms with E-state index in [-0.39, 0.29) is 28.3 Å². The molecular weight excluding hydrogens is 657 g/mol. The van der Waals surface area contributed by atoms with Gasteiger partial charge in [0.15, 0.2) is 16.3 Å². The van der Waals surface area contributed by atoms with Crippen molar-refractivity contribution in [2.45, 2.75) is 37.0 Å². The van der Waals surface area contributed by atoms with E-state index in [2.05, 4.69) is 48.2 Å². The third-order valence-electron chi connectivity index (χ3n) is 6.78. The Labute approximate surface area is 243 Å². The lowest BCUT2D eigenvalue weighted by Gasteiger charge is -2.24.